The van der Waals surface area contributed by atoms with Crippen molar-refractivity contribution in [3.8, 4) is 5.75 Å². The molecular weight excluding hydrogens is 317 g/mol. The number of amides is 1. The summed E-state index contributed by atoms with van der Waals surface area (Å²) >= 11 is 0. The van der Waals surface area contributed by atoms with E-state index in [-0.39, 0.29) is 5.91 Å². The predicted octanol–water partition coefficient (Wildman–Crippen LogP) is 2.41. The number of carbonyl (C=O) groups is 1. The van der Waals surface area contributed by atoms with E-state index in [4.69, 9.17) is 14.0 Å². The van der Waals surface area contributed by atoms with Gasteiger partial charge in [-0.05, 0) is 53.1 Å². The zero-order valence-electron chi connectivity index (χ0n) is 16.5. The predicted molar refractivity (Wildman–Crippen MR) is 100 cm³/mol. The zero-order chi connectivity index (χ0) is 18.8. The van der Waals surface area contributed by atoms with Crippen LogP contribution in [0.1, 0.15) is 47.1 Å². The molecule has 0 bridgehead atoms. The number of carbonyl (C=O) groups excluding carboxylic acids is 1. The third-order valence-electron chi connectivity index (χ3n) is 5.29. The molecule has 0 aliphatic carbocycles. The lowest BCUT2D eigenvalue weighted by Gasteiger charge is -2.32. The molecule has 0 unspecified atom stereocenters. The van der Waals surface area contributed by atoms with Crippen LogP contribution in [-0.2, 0) is 20.5 Å². The van der Waals surface area contributed by atoms with Gasteiger partial charge in [0.25, 0.3) is 0 Å². The third kappa shape index (κ3) is 4.01. The second-order valence-electron chi connectivity index (χ2n) is 7.40. The van der Waals surface area contributed by atoms with Gasteiger partial charge >= 0.3 is 7.12 Å². The second kappa shape index (κ2) is 7.38. The molecule has 1 aromatic carbocycles. The van der Waals surface area contributed by atoms with Gasteiger partial charge in [0, 0.05) is 18.7 Å². The Kier molecular flexibility index (Phi) is 5.84. The lowest BCUT2D eigenvalue weighted by Crippen LogP contribution is -2.41. The van der Waals surface area contributed by atoms with E-state index in [0.29, 0.717) is 25.3 Å². The average Bonchev–Trinajstić information content (AvgIpc) is 2.76. The van der Waals surface area contributed by atoms with Gasteiger partial charge in [-0.15, -0.1) is 0 Å². The monoisotopic (exact) mass is 347 g/mol. The van der Waals surface area contributed by atoms with Crippen LogP contribution in [-0.4, -0.2) is 49.3 Å². The molecule has 6 heteroatoms. The first-order valence-electron chi connectivity index (χ1n) is 8.95. The van der Waals surface area contributed by atoms with Crippen molar-refractivity contribution in [2.75, 3.05) is 20.2 Å². The first-order valence-corrected chi connectivity index (χ1v) is 8.95. The molecular formula is C19H30BNO4. The maximum absolute atomic E-state index is 12.5. The maximum Gasteiger partial charge on any atom is 0.494 e. The van der Waals surface area contributed by atoms with Crippen LogP contribution in [0.15, 0.2) is 18.2 Å². The Morgan fingerprint density at radius 2 is 1.68 bits per heavy atom. The van der Waals surface area contributed by atoms with Gasteiger partial charge in [-0.25, -0.2) is 0 Å². The topological polar surface area (TPSA) is 48.0 Å². The fraction of sp³-hybridized carbons (Fsp3) is 0.632. The third-order valence-corrected chi connectivity index (χ3v) is 5.29. The number of ether oxygens (including phenoxy) is 1. The van der Waals surface area contributed by atoms with Crippen LogP contribution in [0.2, 0.25) is 0 Å². The zero-order valence-corrected chi connectivity index (χ0v) is 16.5. The van der Waals surface area contributed by atoms with E-state index in [2.05, 4.69) is 0 Å². The Bertz CT molecular complexity index is 610. The molecule has 1 aliphatic rings. The Balaban J connectivity index is 2.27. The smallest absolute Gasteiger partial charge is 0.494 e. The molecule has 0 spiro atoms. The van der Waals surface area contributed by atoms with Crippen LogP contribution in [0, 0.1) is 0 Å². The van der Waals surface area contributed by atoms with Crippen LogP contribution in [0.25, 0.3) is 0 Å². The van der Waals surface area contributed by atoms with Crippen LogP contribution in [0.5, 0.6) is 5.75 Å². The number of hydrogen-bond acceptors (Lipinski definition) is 4. The molecule has 1 saturated heterocycles. The number of hydrogen-bond donors (Lipinski definition) is 0. The molecule has 1 aromatic rings. The van der Waals surface area contributed by atoms with E-state index in [0.717, 1.165) is 11.0 Å². The van der Waals surface area contributed by atoms with Crippen molar-refractivity contribution in [2.45, 2.75) is 59.2 Å². The van der Waals surface area contributed by atoms with Gasteiger partial charge in [0.2, 0.25) is 5.91 Å². The first-order chi connectivity index (χ1) is 11.6. The summed E-state index contributed by atoms with van der Waals surface area (Å²) in [5, 5.41) is 0. The summed E-state index contributed by atoms with van der Waals surface area (Å²) in [5.74, 6) is 0.801. The quantitative estimate of drug-likeness (QED) is 0.742. The molecule has 0 atom stereocenters. The van der Waals surface area contributed by atoms with Crippen LogP contribution in [0.4, 0.5) is 0 Å². The fourth-order valence-electron chi connectivity index (χ4n) is 2.91. The lowest BCUT2D eigenvalue weighted by molar-refractivity contribution is -0.130. The Hall–Kier alpha value is -1.53. The molecule has 1 heterocycles. The Labute approximate surface area is 151 Å². The number of benzene rings is 1. The summed E-state index contributed by atoms with van der Waals surface area (Å²) in [4.78, 5) is 14.3. The van der Waals surface area contributed by atoms with E-state index in [1.54, 1.807) is 7.11 Å². The molecule has 0 aromatic heterocycles. The Morgan fingerprint density at radius 3 is 2.16 bits per heavy atom. The normalized spacial score (nSPS) is 18.3. The van der Waals surface area contributed by atoms with Crippen molar-refractivity contribution >= 4 is 18.5 Å². The SMILES string of the molecule is CCN(CC)C(=O)Cc1cc(B2OC(C)(C)C(C)(C)O2)ccc1OC. The van der Waals surface area contributed by atoms with Gasteiger partial charge in [-0.1, -0.05) is 12.1 Å². The number of likely N-dealkylation sites (N-methyl/N-ethyl adjacent to an activating group) is 1. The summed E-state index contributed by atoms with van der Waals surface area (Å²) in [6.45, 7) is 13.5. The van der Waals surface area contributed by atoms with E-state index >= 15 is 0 Å². The van der Waals surface area contributed by atoms with E-state index in [1.165, 1.54) is 0 Å². The fourth-order valence-corrected chi connectivity index (χ4v) is 2.91. The van der Waals surface area contributed by atoms with Crippen molar-refractivity contribution < 1.29 is 18.8 Å². The van der Waals surface area contributed by atoms with Gasteiger partial charge in [0.05, 0.1) is 24.7 Å². The van der Waals surface area contributed by atoms with Crippen LogP contribution in [0.3, 0.4) is 0 Å². The molecule has 5 nitrogen and oxygen atoms in total. The Morgan fingerprint density at radius 1 is 1.12 bits per heavy atom. The molecule has 138 valence electrons. The number of methoxy groups -OCH3 is 1. The molecule has 2 rings (SSSR count). The van der Waals surface area contributed by atoms with Crippen molar-refractivity contribution in [2.24, 2.45) is 0 Å². The van der Waals surface area contributed by atoms with Crippen molar-refractivity contribution in [3.05, 3.63) is 23.8 Å². The highest BCUT2D eigenvalue weighted by molar-refractivity contribution is 6.62. The minimum atomic E-state index is -0.446. The number of rotatable bonds is 6. The summed E-state index contributed by atoms with van der Waals surface area (Å²) < 4.78 is 17.7. The molecule has 1 amide bonds. The highest BCUT2D eigenvalue weighted by atomic mass is 16.7. The minimum Gasteiger partial charge on any atom is -0.496 e. The van der Waals surface area contributed by atoms with E-state index in [1.807, 2.05) is 64.6 Å². The number of nitrogens with zero attached hydrogens (tertiary/aromatic N) is 1. The van der Waals surface area contributed by atoms with Crippen LogP contribution < -0.4 is 10.2 Å². The summed E-state index contributed by atoms with van der Waals surface area (Å²) in [5.41, 5.74) is 0.970. The van der Waals surface area contributed by atoms with E-state index < -0.39 is 18.3 Å². The van der Waals surface area contributed by atoms with Crippen molar-refractivity contribution in [3.63, 3.8) is 0 Å². The highest BCUT2D eigenvalue weighted by Gasteiger charge is 2.51. The highest BCUT2D eigenvalue weighted by Crippen LogP contribution is 2.36. The van der Waals surface area contributed by atoms with Gasteiger partial charge < -0.3 is 18.9 Å². The second-order valence-corrected chi connectivity index (χ2v) is 7.40. The molecule has 0 radical (unpaired) electrons. The standard InChI is InChI=1S/C19H30BNO4/c1-8-21(9-2)17(22)13-14-12-15(10-11-16(14)23-7)20-24-18(3,4)19(5,6)25-20/h10-12H,8-9,13H2,1-7H3. The van der Waals surface area contributed by atoms with Gasteiger partial charge in [0.15, 0.2) is 0 Å². The van der Waals surface area contributed by atoms with Gasteiger partial charge in [-0.2, -0.15) is 0 Å². The average molecular weight is 347 g/mol. The van der Waals surface area contributed by atoms with Crippen LogP contribution >= 0.6 is 0 Å². The van der Waals surface area contributed by atoms with Crippen molar-refractivity contribution in [1.29, 1.82) is 0 Å². The summed E-state index contributed by atoms with van der Waals surface area (Å²) in [6, 6.07) is 5.78. The maximum atomic E-state index is 12.5. The molecule has 0 saturated carbocycles. The molecule has 0 N–H and O–H groups in total. The van der Waals surface area contributed by atoms with Gasteiger partial charge in [0.1, 0.15) is 5.75 Å². The summed E-state index contributed by atoms with van der Waals surface area (Å²) in [6.07, 6.45) is 0.304. The van der Waals surface area contributed by atoms with E-state index in [9.17, 15) is 4.79 Å². The molecule has 25 heavy (non-hydrogen) atoms. The molecule has 1 fully saturated rings. The summed E-state index contributed by atoms with van der Waals surface area (Å²) in [7, 11) is 1.17. The molecule has 1 aliphatic heterocycles. The minimum absolute atomic E-state index is 0.0920. The van der Waals surface area contributed by atoms with Crippen molar-refractivity contribution in [1.82, 2.24) is 4.90 Å². The first kappa shape index (κ1) is 19.8. The largest absolute Gasteiger partial charge is 0.496 e. The lowest BCUT2D eigenvalue weighted by atomic mass is 9.78. The van der Waals surface area contributed by atoms with Gasteiger partial charge in [-0.3, -0.25) is 4.79 Å².